The molecule has 2 N–H and O–H groups in total. The van der Waals surface area contributed by atoms with Gasteiger partial charge in [-0.3, -0.25) is 9.59 Å². The maximum atomic E-state index is 12.7. The van der Waals surface area contributed by atoms with Gasteiger partial charge in [0.1, 0.15) is 0 Å². The molecule has 30 heavy (non-hydrogen) atoms. The number of carbonyl (C=O) groups excluding carboxylic acids is 2. The summed E-state index contributed by atoms with van der Waals surface area (Å²) < 4.78 is 26.4. The molecule has 0 aliphatic rings. The number of benzene rings is 2. The molecule has 0 aliphatic carbocycles. The summed E-state index contributed by atoms with van der Waals surface area (Å²) in [5.74, 6) is -0.434. The number of rotatable bonds is 9. The summed E-state index contributed by atoms with van der Waals surface area (Å²) in [5, 5.41) is 5.52. The van der Waals surface area contributed by atoms with E-state index in [9.17, 15) is 18.0 Å². The van der Waals surface area contributed by atoms with Gasteiger partial charge in [0.15, 0.2) is 0 Å². The number of anilines is 1. The van der Waals surface area contributed by atoms with E-state index >= 15 is 0 Å². The molecule has 2 aromatic carbocycles. The Morgan fingerprint density at radius 3 is 2.23 bits per heavy atom. The van der Waals surface area contributed by atoms with Crippen LogP contribution in [0, 0.1) is 13.8 Å². The smallest absolute Gasteiger partial charge is 0.243 e. The molecule has 0 heterocycles. The minimum atomic E-state index is -3.75. The number of nitrogens with one attached hydrogen (secondary N) is 2. The summed E-state index contributed by atoms with van der Waals surface area (Å²) in [5.41, 5.74) is 3.42. The van der Waals surface area contributed by atoms with Crippen molar-refractivity contribution in [3.8, 4) is 0 Å². The summed E-state index contributed by atoms with van der Waals surface area (Å²) in [4.78, 5) is 24.0. The van der Waals surface area contributed by atoms with Gasteiger partial charge < -0.3 is 10.6 Å². The highest BCUT2D eigenvalue weighted by Gasteiger charge is 2.23. The van der Waals surface area contributed by atoms with Crippen molar-refractivity contribution >= 4 is 27.5 Å². The zero-order chi connectivity index (χ0) is 22.3. The summed E-state index contributed by atoms with van der Waals surface area (Å²) in [7, 11) is -2.36. The second kappa shape index (κ2) is 10.4. The van der Waals surface area contributed by atoms with Gasteiger partial charge in [0, 0.05) is 25.7 Å². The second-order valence-electron chi connectivity index (χ2n) is 7.28. The SMILES string of the molecule is CCCC(=O)Nc1ccc(CNC(=O)CN(C)S(=O)(=O)c2ccc(C)c(C)c2)cc1. The molecule has 0 fully saturated rings. The minimum absolute atomic E-state index is 0.0356. The highest BCUT2D eigenvalue weighted by Crippen LogP contribution is 2.18. The van der Waals surface area contributed by atoms with Crippen LogP contribution in [0.2, 0.25) is 0 Å². The van der Waals surface area contributed by atoms with Crippen LogP contribution in [0.5, 0.6) is 0 Å². The van der Waals surface area contributed by atoms with Gasteiger partial charge in [-0.1, -0.05) is 25.1 Å². The Labute approximate surface area is 178 Å². The van der Waals surface area contributed by atoms with E-state index in [1.807, 2.05) is 20.8 Å². The normalized spacial score (nSPS) is 11.4. The van der Waals surface area contributed by atoms with Crippen LogP contribution >= 0.6 is 0 Å². The van der Waals surface area contributed by atoms with Crippen molar-refractivity contribution in [2.45, 2.75) is 45.1 Å². The summed E-state index contributed by atoms with van der Waals surface area (Å²) in [6.45, 7) is 5.69. The van der Waals surface area contributed by atoms with Crippen LogP contribution < -0.4 is 10.6 Å². The standard InChI is InChI=1S/C22H29N3O4S/c1-5-6-21(26)24-19-10-8-18(9-11-19)14-23-22(27)15-25(4)30(28,29)20-12-7-16(2)17(3)13-20/h7-13H,5-6,14-15H2,1-4H3,(H,23,27)(H,24,26). The van der Waals surface area contributed by atoms with Gasteiger partial charge in [0.05, 0.1) is 11.4 Å². The Morgan fingerprint density at radius 2 is 1.63 bits per heavy atom. The van der Waals surface area contributed by atoms with Gasteiger partial charge in [-0.15, -0.1) is 0 Å². The average molecular weight is 432 g/mol. The highest BCUT2D eigenvalue weighted by atomic mass is 32.2. The first-order valence-corrected chi connectivity index (χ1v) is 11.3. The average Bonchev–Trinajstić information content (AvgIpc) is 2.69. The number of nitrogens with zero attached hydrogens (tertiary/aromatic N) is 1. The van der Waals surface area contributed by atoms with E-state index in [1.54, 1.807) is 42.5 Å². The van der Waals surface area contributed by atoms with Crippen LogP contribution in [0.25, 0.3) is 0 Å². The number of hydrogen-bond donors (Lipinski definition) is 2. The third-order valence-corrected chi connectivity index (χ3v) is 6.56. The number of aryl methyl sites for hydroxylation is 2. The third kappa shape index (κ3) is 6.40. The van der Waals surface area contributed by atoms with Gasteiger partial charge >= 0.3 is 0 Å². The second-order valence-corrected chi connectivity index (χ2v) is 9.32. The Morgan fingerprint density at radius 1 is 0.967 bits per heavy atom. The third-order valence-electron chi connectivity index (χ3n) is 4.76. The van der Waals surface area contributed by atoms with E-state index in [2.05, 4.69) is 10.6 Å². The summed E-state index contributed by atoms with van der Waals surface area (Å²) in [6.07, 6.45) is 1.25. The van der Waals surface area contributed by atoms with Crippen LogP contribution in [0.4, 0.5) is 5.69 Å². The van der Waals surface area contributed by atoms with Crippen LogP contribution in [0.3, 0.4) is 0 Å². The molecule has 7 nitrogen and oxygen atoms in total. The Kier molecular flexibility index (Phi) is 8.14. The van der Waals surface area contributed by atoms with E-state index in [4.69, 9.17) is 0 Å². The van der Waals surface area contributed by atoms with Gasteiger partial charge in [0.2, 0.25) is 21.8 Å². The summed E-state index contributed by atoms with van der Waals surface area (Å²) in [6, 6.07) is 12.1. The van der Waals surface area contributed by atoms with Crippen molar-refractivity contribution in [1.82, 2.24) is 9.62 Å². The quantitative estimate of drug-likeness (QED) is 0.638. The fraction of sp³-hybridized carbons (Fsp3) is 0.364. The highest BCUT2D eigenvalue weighted by molar-refractivity contribution is 7.89. The summed E-state index contributed by atoms with van der Waals surface area (Å²) >= 11 is 0. The maximum absolute atomic E-state index is 12.7. The molecule has 162 valence electrons. The number of amides is 2. The van der Waals surface area contributed by atoms with E-state index in [1.165, 1.54) is 7.05 Å². The minimum Gasteiger partial charge on any atom is -0.351 e. The van der Waals surface area contributed by atoms with Crippen molar-refractivity contribution in [2.75, 3.05) is 18.9 Å². The molecule has 0 spiro atoms. The largest absolute Gasteiger partial charge is 0.351 e. The Balaban J connectivity index is 1.90. The first kappa shape index (κ1) is 23.6. The number of carbonyl (C=O) groups is 2. The van der Waals surface area contributed by atoms with Crippen LogP contribution in [0.1, 0.15) is 36.5 Å². The number of hydrogen-bond acceptors (Lipinski definition) is 4. The molecular formula is C22H29N3O4S. The van der Waals surface area contributed by atoms with E-state index in [0.29, 0.717) is 12.1 Å². The lowest BCUT2D eigenvalue weighted by Gasteiger charge is -2.17. The monoisotopic (exact) mass is 431 g/mol. The van der Waals surface area contributed by atoms with Crippen molar-refractivity contribution < 1.29 is 18.0 Å². The first-order chi connectivity index (χ1) is 14.1. The van der Waals surface area contributed by atoms with Crippen LogP contribution in [0.15, 0.2) is 47.4 Å². The zero-order valence-corrected chi connectivity index (χ0v) is 18.7. The molecule has 0 aromatic heterocycles. The van der Waals surface area contributed by atoms with Crippen molar-refractivity contribution in [3.05, 3.63) is 59.2 Å². The Bertz CT molecular complexity index is 1000. The lowest BCUT2D eigenvalue weighted by Crippen LogP contribution is -2.38. The molecule has 2 aromatic rings. The molecule has 0 unspecified atom stereocenters. The van der Waals surface area contributed by atoms with Gasteiger partial charge in [-0.2, -0.15) is 4.31 Å². The lowest BCUT2D eigenvalue weighted by molar-refractivity contribution is -0.121. The fourth-order valence-corrected chi connectivity index (χ4v) is 3.97. The van der Waals surface area contributed by atoms with Crippen LogP contribution in [-0.4, -0.2) is 38.1 Å². The predicted octanol–water partition coefficient (Wildman–Crippen LogP) is 2.98. The molecular weight excluding hydrogens is 402 g/mol. The van der Waals surface area contributed by atoms with Crippen molar-refractivity contribution in [1.29, 1.82) is 0 Å². The Hall–Kier alpha value is -2.71. The fourth-order valence-electron chi connectivity index (χ4n) is 2.75. The molecule has 0 atom stereocenters. The maximum Gasteiger partial charge on any atom is 0.243 e. The molecule has 0 saturated carbocycles. The van der Waals surface area contributed by atoms with E-state index in [-0.39, 0.29) is 23.9 Å². The van der Waals surface area contributed by atoms with E-state index in [0.717, 1.165) is 27.4 Å². The first-order valence-electron chi connectivity index (χ1n) is 9.82. The molecule has 0 saturated heterocycles. The lowest BCUT2D eigenvalue weighted by atomic mass is 10.1. The topological polar surface area (TPSA) is 95.6 Å². The number of likely N-dealkylation sites (N-methyl/N-ethyl adjacent to an activating group) is 1. The molecule has 2 rings (SSSR count). The van der Waals surface area contributed by atoms with Crippen LogP contribution in [-0.2, 0) is 26.2 Å². The van der Waals surface area contributed by atoms with Gasteiger partial charge in [-0.25, -0.2) is 8.42 Å². The molecule has 0 bridgehead atoms. The molecule has 8 heteroatoms. The van der Waals surface area contributed by atoms with Crippen molar-refractivity contribution in [2.24, 2.45) is 0 Å². The van der Waals surface area contributed by atoms with Crippen molar-refractivity contribution in [3.63, 3.8) is 0 Å². The predicted molar refractivity (Wildman–Crippen MR) is 118 cm³/mol. The zero-order valence-electron chi connectivity index (χ0n) is 17.9. The molecule has 0 radical (unpaired) electrons. The van der Waals surface area contributed by atoms with E-state index < -0.39 is 15.9 Å². The molecule has 2 amide bonds. The number of sulfonamides is 1. The van der Waals surface area contributed by atoms with Gasteiger partial charge in [0.25, 0.3) is 0 Å². The molecule has 0 aliphatic heterocycles. The van der Waals surface area contributed by atoms with Gasteiger partial charge in [-0.05, 0) is 61.2 Å².